The highest BCUT2D eigenvalue weighted by atomic mass is 32.2. The van der Waals surface area contributed by atoms with Crippen molar-refractivity contribution in [2.24, 2.45) is 5.92 Å². The van der Waals surface area contributed by atoms with Crippen molar-refractivity contribution in [3.8, 4) is 11.1 Å². The summed E-state index contributed by atoms with van der Waals surface area (Å²) >= 11 is 2.77. The summed E-state index contributed by atoms with van der Waals surface area (Å²) in [6.07, 6.45) is 6.40. The molecular formula is C28H36N4O6S2. The van der Waals surface area contributed by atoms with Crippen LogP contribution in [0.5, 0.6) is 0 Å². The number of thioether (sulfide) groups is 2. The third-order valence-electron chi connectivity index (χ3n) is 7.74. The van der Waals surface area contributed by atoms with Crippen molar-refractivity contribution in [3.05, 3.63) is 55.1 Å². The highest BCUT2D eigenvalue weighted by molar-refractivity contribution is 8.00. The molecule has 216 valence electrons. The number of fused-ring (bicyclic) bond motifs is 1. The Morgan fingerprint density at radius 3 is 2.55 bits per heavy atom. The van der Waals surface area contributed by atoms with Gasteiger partial charge in [0.05, 0.1) is 18.8 Å². The van der Waals surface area contributed by atoms with Crippen LogP contribution in [0, 0.1) is 5.92 Å². The van der Waals surface area contributed by atoms with E-state index in [-0.39, 0.29) is 23.2 Å². The van der Waals surface area contributed by atoms with E-state index >= 15 is 0 Å². The summed E-state index contributed by atoms with van der Waals surface area (Å²) in [5.41, 5.74) is 1.13. The molecule has 1 aromatic carbocycles. The van der Waals surface area contributed by atoms with Gasteiger partial charge in [-0.15, -0.1) is 23.5 Å². The number of aromatic nitrogens is 2. The molecule has 5 rings (SSSR count). The molecular weight excluding hydrogens is 552 g/mol. The van der Waals surface area contributed by atoms with Crippen molar-refractivity contribution in [2.45, 2.75) is 71.5 Å². The largest absolute Gasteiger partial charge is 0.388 e. The van der Waals surface area contributed by atoms with Gasteiger partial charge < -0.3 is 35.4 Å². The number of hydrogen-bond acceptors (Lipinski definition) is 11. The average molecular weight is 589 g/mol. The summed E-state index contributed by atoms with van der Waals surface area (Å²) in [5, 5.41) is 38.2. The van der Waals surface area contributed by atoms with Gasteiger partial charge in [0.15, 0.2) is 0 Å². The first-order valence-electron chi connectivity index (χ1n) is 13.4. The fourth-order valence-electron chi connectivity index (χ4n) is 5.53. The number of rotatable bonds is 8. The molecule has 0 bridgehead atoms. The second kappa shape index (κ2) is 13.3. The predicted molar refractivity (Wildman–Crippen MR) is 154 cm³/mol. The van der Waals surface area contributed by atoms with Crippen molar-refractivity contribution in [2.75, 3.05) is 19.4 Å². The Labute approximate surface area is 242 Å². The van der Waals surface area contributed by atoms with Gasteiger partial charge in [0.25, 0.3) is 0 Å². The van der Waals surface area contributed by atoms with E-state index in [1.54, 1.807) is 18.6 Å². The van der Waals surface area contributed by atoms with Gasteiger partial charge >= 0.3 is 0 Å². The molecule has 1 aromatic heterocycles. The van der Waals surface area contributed by atoms with Crippen LogP contribution in [0.25, 0.3) is 11.1 Å². The van der Waals surface area contributed by atoms with Crippen LogP contribution in [-0.4, -0.2) is 104 Å². The van der Waals surface area contributed by atoms with Gasteiger partial charge in [0.1, 0.15) is 42.2 Å². The lowest BCUT2D eigenvalue weighted by Gasteiger charge is -2.44. The molecule has 0 radical (unpaired) electrons. The van der Waals surface area contributed by atoms with E-state index < -0.39 is 41.9 Å². The lowest BCUT2D eigenvalue weighted by molar-refractivity contribution is -0.205. The second-order valence-corrected chi connectivity index (χ2v) is 12.7. The van der Waals surface area contributed by atoms with Gasteiger partial charge in [-0.1, -0.05) is 31.2 Å². The molecule has 4 heterocycles. The highest BCUT2D eigenvalue weighted by Crippen LogP contribution is 2.35. The molecule has 2 aromatic rings. The monoisotopic (exact) mass is 588 g/mol. The van der Waals surface area contributed by atoms with Crippen LogP contribution in [0.1, 0.15) is 13.3 Å². The molecule has 0 spiro atoms. The first-order valence-corrected chi connectivity index (χ1v) is 15.6. The van der Waals surface area contributed by atoms with Crippen LogP contribution in [0.3, 0.4) is 0 Å². The number of aliphatic hydroxyl groups is 3. The van der Waals surface area contributed by atoms with Crippen molar-refractivity contribution in [1.29, 1.82) is 0 Å². The van der Waals surface area contributed by atoms with Crippen molar-refractivity contribution < 1.29 is 29.6 Å². The third kappa shape index (κ3) is 6.39. The minimum atomic E-state index is -1.41. The quantitative estimate of drug-likeness (QED) is 0.224. The standard InChI is InChI=1S/C28H36N4O6S2/c1-15(40-19-8-6-16(7-9-19)18-11-29-14-30-12-18)20(26-23(34)22(33)24(35)28(38-26)39-2)32-27(36)21-25-17(13-31-21)5-3-4-10-37-25/h3-4,6-9,11-12,14-15,17,20-26,28,31,33-35H,5,10,13H2,1-2H3,(H,32,36)/t15-,17-,20+,21-,22?,23?,24?,25+,26?,28?/m0/s1. The molecule has 2 fully saturated rings. The zero-order valence-electron chi connectivity index (χ0n) is 22.4. The number of amides is 1. The van der Waals surface area contributed by atoms with Crippen LogP contribution in [0.2, 0.25) is 0 Å². The summed E-state index contributed by atoms with van der Waals surface area (Å²) in [5.74, 6) is -0.0500. The van der Waals surface area contributed by atoms with Crippen molar-refractivity contribution in [1.82, 2.24) is 20.6 Å². The number of carbonyl (C=O) groups is 1. The fraction of sp³-hybridized carbons (Fsp3) is 0.536. The van der Waals surface area contributed by atoms with E-state index in [0.29, 0.717) is 13.2 Å². The number of carbonyl (C=O) groups excluding carboxylic acids is 1. The number of nitrogens with zero attached hydrogens (tertiary/aromatic N) is 2. The number of ether oxygens (including phenoxy) is 2. The van der Waals surface area contributed by atoms with Crippen LogP contribution in [0.4, 0.5) is 0 Å². The lowest BCUT2D eigenvalue weighted by atomic mass is 9.92. The van der Waals surface area contributed by atoms with Crippen LogP contribution in [0.15, 0.2) is 60.0 Å². The molecule has 10 atom stereocenters. The Morgan fingerprint density at radius 2 is 1.82 bits per heavy atom. The Hall–Kier alpha value is -2.03. The fourth-order valence-corrected chi connectivity index (χ4v) is 7.30. The van der Waals surface area contributed by atoms with Gasteiger partial charge in [0, 0.05) is 40.6 Å². The van der Waals surface area contributed by atoms with Crippen LogP contribution in [-0.2, 0) is 14.3 Å². The van der Waals surface area contributed by atoms with Gasteiger partial charge in [0.2, 0.25) is 5.91 Å². The Morgan fingerprint density at radius 1 is 1.07 bits per heavy atom. The summed E-state index contributed by atoms with van der Waals surface area (Å²) in [6.45, 7) is 3.08. The highest BCUT2D eigenvalue weighted by Gasteiger charge is 2.49. The van der Waals surface area contributed by atoms with Gasteiger partial charge in [-0.2, -0.15) is 0 Å². The zero-order valence-corrected chi connectivity index (χ0v) is 24.0. The predicted octanol–water partition coefficient (Wildman–Crippen LogP) is 1.21. The summed E-state index contributed by atoms with van der Waals surface area (Å²) in [6, 6.07) is 6.70. The summed E-state index contributed by atoms with van der Waals surface area (Å²) in [7, 11) is 0. The van der Waals surface area contributed by atoms with E-state index in [9.17, 15) is 20.1 Å². The van der Waals surface area contributed by atoms with Gasteiger partial charge in [-0.05, 0) is 30.4 Å². The van der Waals surface area contributed by atoms with Gasteiger partial charge in [-0.25, -0.2) is 9.97 Å². The number of hydrogen-bond donors (Lipinski definition) is 5. The van der Waals surface area contributed by atoms with E-state index in [2.05, 4.69) is 26.7 Å². The van der Waals surface area contributed by atoms with E-state index in [4.69, 9.17) is 9.47 Å². The number of aliphatic hydroxyl groups excluding tert-OH is 3. The third-order valence-corrected chi connectivity index (χ3v) is 9.81. The molecule has 5 unspecified atom stereocenters. The van der Waals surface area contributed by atoms with Gasteiger partial charge in [-0.3, -0.25) is 4.79 Å². The summed E-state index contributed by atoms with van der Waals surface area (Å²) < 4.78 is 12.1. The SMILES string of the molecule is CSC1OC([C@H](NC(=O)[C@H]2NC[C@@H]3CC=CCO[C@H]32)[C@H](C)Sc2ccc(-c3cncnc3)cc2)C(O)C(O)C1O. The molecule has 5 N–H and O–H groups in total. The summed E-state index contributed by atoms with van der Waals surface area (Å²) in [4.78, 5) is 22.8. The maximum absolute atomic E-state index is 13.7. The van der Waals surface area contributed by atoms with Crippen molar-refractivity contribution >= 4 is 29.4 Å². The Kier molecular flexibility index (Phi) is 9.80. The Bertz CT molecular complexity index is 1160. The molecule has 0 saturated carbocycles. The second-order valence-electron chi connectivity index (χ2n) is 10.3. The van der Waals surface area contributed by atoms with Crippen molar-refractivity contribution in [3.63, 3.8) is 0 Å². The Balaban J connectivity index is 1.36. The molecule has 10 nitrogen and oxygen atoms in total. The first-order chi connectivity index (χ1) is 19.4. The van der Waals surface area contributed by atoms with E-state index in [1.807, 2.05) is 37.3 Å². The maximum atomic E-state index is 13.7. The first kappa shape index (κ1) is 29.5. The lowest BCUT2D eigenvalue weighted by Crippen LogP contribution is -2.65. The number of allylic oxidation sites excluding steroid dienone is 1. The molecule has 40 heavy (non-hydrogen) atoms. The molecule has 2 saturated heterocycles. The molecule has 12 heteroatoms. The topological polar surface area (TPSA) is 146 Å². The molecule has 0 aliphatic carbocycles. The zero-order chi connectivity index (χ0) is 28.2. The molecule has 3 aliphatic rings. The van der Waals surface area contributed by atoms with Crippen LogP contribution < -0.4 is 10.6 Å². The minimum Gasteiger partial charge on any atom is -0.388 e. The average Bonchev–Trinajstić information content (AvgIpc) is 3.24. The minimum absolute atomic E-state index is 0.197. The molecule has 1 amide bonds. The number of benzene rings is 1. The molecule has 3 aliphatic heterocycles. The normalized spacial score (nSPS) is 33.5. The number of nitrogens with one attached hydrogen (secondary N) is 2. The smallest absolute Gasteiger partial charge is 0.240 e. The van der Waals surface area contributed by atoms with Crippen LogP contribution >= 0.6 is 23.5 Å². The maximum Gasteiger partial charge on any atom is 0.240 e. The van der Waals surface area contributed by atoms with E-state index in [0.717, 1.165) is 22.4 Å². The van der Waals surface area contributed by atoms with E-state index in [1.165, 1.54) is 29.9 Å².